The maximum atomic E-state index is 7.95. The van der Waals surface area contributed by atoms with Crippen molar-refractivity contribution in [3.63, 3.8) is 0 Å². The molecule has 0 radical (unpaired) electrons. The molecule has 3 aromatic heterocycles. The van der Waals surface area contributed by atoms with Gasteiger partial charge in [-0.05, 0) is 55.0 Å². The molecule has 3 heteroatoms. The predicted octanol–water partition coefficient (Wildman–Crippen LogP) is 6.89. The molecule has 0 unspecified atom stereocenters. The van der Waals surface area contributed by atoms with Crippen LogP contribution in [0.5, 0.6) is 0 Å². The Balaban J connectivity index is 2.14. The number of hydrogen-bond donors (Lipinski definition) is 0. The van der Waals surface area contributed by atoms with Crippen molar-refractivity contribution < 1.29 is 4.57 Å². The second kappa shape index (κ2) is 5.99. The topological polar surface area (TPSA) is 12.7 Å². The number of aromatic nitrogens is 2. The van der Waals surface area contributed by atoms with E-state index in [0.717, 1.165) is 5.56 Å². The predicted molar refractivity (Wildman–Crippen MR) is 134 cm³/mol. The molecular weight excluding hydrogens is 390 g/mol. The largest absolute Gasteiger partial charge is 0.307 e. The highest BCUT2D eigenvalue weighted by atomic mass is 15.0. The molecule has 32 heavy (non-hydrogen) atoms. The third kappa shape index (κ3) is 2.12. The van der Waals surface area contributed by atoms with Crippen molar-refractivity contribution in [2.24, 2.45) is 7.05 Å². The zero-order valence-electron chi connectivity index (χ0n) is 19.5. The Bertz CT molecular complexity index is 1790. The normalized spacial score (nSPS) is 12.7. The van der Waals surface area contributed by atoms with Gasteiger partial charge in [-0.1, -0.05) is 24.3 Å². The lowest BCUT2D eigenvalue weighted by Crippen LogP contribution is -2.29. The Morgan fingerprint density at radius 3 is 2.41 bits per heavy atom. The van der Waals surface area contributed by atoms with E-state index in [2.05, 4.69) is 90.3 Å². The summed E-state index contributed by atoms with van der Waals surface area (Å²) in [6.45, 7) is 18.7. The highest BCUT2D eigenvalue weighted by Gasteiger charge is 2.34. The van der Waals surface area contributed by atoms with Crippen LogP contribution in [0.15, 0.2) is 48.7 Å². The third-order valence-corrected chi connectivity index (χ3v) is 7.45. The molecule has 0 aliphatic carbocycles. The van der Waals surface area contributed by atoms with Gasteiger partial charge in [-0.2, -0.15) is 0 Å². The van der Waals surface area contributed by atoms with Gasteiger partial charge in [0.25, 0.3) is 5.54 Å². The summed E-state index contributed by atoms with van der Waals surface area (Å²) in [6, 6.07) is 15.5. The molecule has 0 saturated heterocycles. The van der Waals surface area contributed by atoms with E-state index in [0.29, 0.717) is 0 Å². The van der Waals surface area contributed by atoms with Gasteiger partial charge in [0.1, 0.15) is 7.05 Å². The summed E-state index contributed by atoms with van der Waals surface area (Å²) in [5.74, 6) is 0. The van der Waals surface area contributed by atoms with E-state index < -0.39 is 5.54 Å². The summed E-state index contributed by atoms with van der Waals surface area (Å²) < 4.78 is 4.74. The van der Waals surface area contributed by atoms with Crippen molar-refractivity contribution in [1.82, 2.24) is 4.40 Å². The lowest BCUT2D eigenvalue weighted by molar-refractivity contribution is -0.643. The Morgan fingerprint density at radius 2 is 1.66 bits per heavy atom. The number of nitrogens with zero attached hydrogens (tertiary/aromatic N) is 3. The van der Waals surface area contributed by atoms with Crippen molar-refractivity contribution in [3.8, 4) is 0 Å². The molecule has 0 spiro atoms. The van der Waals surface area contributed by atoms with E-state index in [1.807, 2.05) is 13.8 Å². The molecule has 0 amide bonds. The van der Waals surface area contributed by atoms with Crippen LogP contribution < -0.4 is 4.57 Å². The number of pyridine rings is 2. The van der Waals surface area contributed by atoms with Crippen LogP contribution in [0.3, 0.4) is 0 Å². The SMILES string of the molecule is [C-]#[N+]C(C)(C)c1cc2cc[n+](C)c3c4c(C)c(C)cc(C)c4n4c5ccccc5c1c4c23. The zero-order chi connectivity index (χ0) is 22.5. The summed E-state index contributed by atoms with van der Waals surface area (Å²) in [5.41, 5.74) is 9.41. The standard InChI is InChI=1S/C29H26N3/c1-16-14-17(2)26-23(18(16)3)27-24-19(12-13-31(27)7)15-21(29(4,5)30-6)25-20-10-8-9-11-22(20)32(26)28(24)25/h8-15H,1-5,7H3/q+1. The highest BCUT2D eigenvalue weighted by molar-refractivity contribution is 6.28. The van der Waals surface area contributed by atoms with E-state index in [1.165, 1.54) is 65.7 Å². The van der Waals surface area contributed by atoms with Crippen molar-refractivity contribution in [1.29, 1.82) is 0 Å². The number of hydrogen-bond acceptors (Lipinski definition) is 0. The molecule has 0 aliphatic heterocycles. The summed E-state index contributed by atoms with van der Waals surface area (Å²) in [6.07, 6.45) is 2.16. The van der Waals surface area contributed by atoms with E-state index in [1.54, 1.807) is 0 Å². The number of benzene rings is 3. The number of rotatable bonds is 1. The Labute approximate surface area is 187 Å². The van der Waals surface area contributed by atoms with Gasteiger partial charge in [-0.3, -0.25) is 0 Å². The minimum atomic E-state index is -0.611. The first kappa shape index (κ1) is 19.1. The van der Waals surface area contributed by atoms with Gasteiger partial charge < -0.3 is 9.25 Å². The first-order chi connectivity index (χ1) is 15.3. The second-order valence-electron chi connectivity index (χ2n) is 9.77. The third-order valence-electron chi connectivity index (χ3n) is 7.45. The number of para-hydroxylation sites is 1. The van der Waals surface area contributed by atoms with Crippen LogP contribution in [0.4, 0.5) is 0 Å². The van der Waals surface area contributed by atoms with Crippen LogP contribution in [0.1, 0.15) is 36.1 Å². The highest BCUT2D eigenvalue weighted by Crippen LogP contribution is 2.46. The van der Waals surface area contributed by atoms with E-state index in [4.69, 9.17) is 6.57 Å². The van der Waals surface area contributed by atoms with Crippen LogP contribution in [-0.4, -0.2) is 4.40 Å². The summed E-state index contributed by atoms with van der Waals surface area (Å²) in [7, 11) is 2.15. The van der Waals surface area contributed by atoms with Crippen LogP contribution in [-0.2, 0) is 12.6 Å². The summed E-state index contributed by atoms with van der Waals surface area (Å²) in [4.78, 5) is 4.04. The molecule has 156 valence electrons. The van der Waals surface area contributed by atoms with Gasteiger partial charge >= 0.3 is 0 Å². The molecule has 6 rings (SSSR count). The fraction of sp³-hybridized carbons (Fsp3) is 0.241. The molecule has 3 nitrogen and oxygen atoms in total. The van der Waals surface area contributed by atoms with Crippen LogP contribution in [0.2, 0.25) is 0 Å². The average molecular weight is 417 g/mol. The average Bonchev–Trinajstić information content (AvgIpc) is 3.12. The molecule has 3 aromatic carbocycles. The second-order valence-corrected chi connectivity index (χ2v) is 9.77. The quantitative estimate of drug-likeness (QED) is 0.120. The van der Waals surface area contributed by atoms with E-state index in [9.17, 15) is 0 Å². The Kier molecular flexibility index (Phi) is 3.57. The van der Waals surface area contributed by atoms with E-state index in [-0.39, 0.29) is 0 Å². The summed E-state index contributed by atoms with van der Waals surface area (Å²) >= 11 is 0. The van der Waals surface area contributed by atoms with Crippen molar-refractivity contribution in [2.45, 2.75) is 40.2 Å². The molecule has 3 heterocycles. The smallest absolute Gasteiger partial charge is 0.252 e. The molecule has 0 saturated carbocycles. The molecule has 0 N–H and O–H groups in total. The van der Waals surface area contributed by atoms with E-state index >= 15 is 0 Å². The van der Waals surface area contributed by atoms with Gasteiger partial charge in [-0.25, -0.2) is 11.1 Å². The van der Waals surface area contributed by atoms with Crippen molar-refractivity contribution in [3.05, 3.63) is 82.3 Å². The molecule has 0 atom stereocenters. The summed E-state index contributed by atoms with van der Waals surface area (Å²) in [5, 5.41) is 6.24. The van der Waals surface area contributed by atoms with Gasteiger partial charge in [-0.15, -0.1) is 0 Å². The maximum Gasteiger partial charge on any atom is 0.252 e. The molecule has 0 bridgehead atoms. The van der Waals surface area contributed by atoms with Crippen molar-refractivity contribution in [2.75, 3.05) is 0 Å². The van der Waals surface area contributed by atoms with Gasteiger partial charge in [0.2, 0.25) is 5.52 Å². The van der Waals surface area contributed by atoms with Gasteiger partial charge in [0, 0.05) is 36.2 Å². The Morgan fingerprint density at radius 1 is 0.906 bits per heavy atom. The minimum Gasteiger partial charge on any atom is -0.307 e. The van der Waals surface area contributed by atoms with Crippen molar-refractivity contribution >= 4 is 49.0 Å². The van der Waals surface area contributed by atoms with Crippen LogP contribution >= 0.6 is 0 Å². The lowest BCUT2D eigenvalue weighted by atomic mass is 9.87. The Hall–Kier alpha value is -3.64. The molecular formula is C29H26N3+. The fourth-order valence-corrected chi connectivity index (χ4v) is 5.74. The first-order valence-electron chi connectivity index (χ1n) is 11.2. The van der Waals surface area contributed by atoms with Crippen LogP contribution in [0, 0.1) is 27.3 Å². The van der Waals surface area contributed by atoms with Gasteiger partial charge in [0.15, 0.2) is 6.20 Å². The molecule has 6 aromatic rings. The maximum absolute atomic E-state index is 7.95. The monoisotopic (exact) mass is 416 g/mol. The first-order valence-corrected chi connectivity index (χ1v) is 11.2. The minimum absolute atomic E-state index is 0.611. The number of aryl methyl sites for hydroxylation is 4. The zero-order valence-corrected chi connectivity index (χ0v) is 19.5. The fourth-order valence-electron chi connectivity index (χ4n) is 5.74. The van der Waals surface area contributed by atoms with Gasteiger partial charge in [0.05, 0.1) is 27.3 Å². The molecule has 0 aliphatic rings. The molecule has 0 fully saturated rings. The van der Waals surface area contributed by atoms with Crippen LogP contribution in [0.25, 0.3) is 53.8 Å². The number of fused-ring (bicyclic) bond motifs is 6. The lowest BCUT2D eigenvalue weighted by Gasteiger charge is -2.19.